The first-order chi connectivity index (χ1) is 12.8. The van der Waals surface area contributed by atoms with Gasteiger partial charge in [-0.3, -0.25) is 0 Å². The Morgan fingerprint density at radius 2 is 1.93 bits per heavy atom. The highest BCUT2D eigenvalue weighted by Gasteiger charge is 2.20. The summed E-state index contributed by atoms with van der Waals surface area (Å²) in [5.74, 6) is 1.25. The molecule has 2 aromatic carbocycles. The third kappa shape index (κ3) is 5.28. The van der Waals surface area contributed by atoms with Crippen LogP contribution in [0.4, 0.5) is 20.3 Å². The molecular formula is C20H19ClF2N2O2. The molecule has 3 rings (SSSR count). The van der Waals surface area contributed by atoms with E-state index in [0.717, 1.165) is 22.2 Å². The molecule has 0 saturated carbocycles. The van der Waals surface area contributed by atoms with Gasteiger partial charge in [-0.2, -0.15) is 8.78 Å². The summed E-state index contributed by atoms with van der Waals surface area (Å²) in [5.41, 5.74) is 2.52. The van der Waals surface area contributed by atoms with Crippen LogP contribution in [-0.2, 0) is 4.74 Å². The lowest BCUT2D eigenvalue weighted by Gasteiger charge is -2.14. The van der Waals surface area contributed by atoms with Crippen LogP contribution in [0.1, 0.15) is 12.5 Å². The molecule has 0 fully saturated rings. The normalized spacial score (nSPS) is 11.6. The number of aryl methyl sites for hydroxylation is 1. The van der Waals surface area contributed by atoms with E-state index >= 15 is 0 Å². The van der Waals surface area contributed by atoms with Crippen molar-refractivity contribution in [2.45, 2.75) is 20.0 Å². The van der Waals surface area contributed by atoms with Crippen molar-refractivity contribution >= 4 is 34.0 Å². The van der Waals surface area contributed by atoms with Crippen molar-refractivity contribution in [2.75, 3.05) is 18.5 Å². The lowest BCUT2D eigenvalue weighted by Crippen LogP contribution is -2.19. The number of alkyl halides is 2. The molecule has 27 heavy (non-hydrogen) atoms. The van der Waals surface area contributed by atoms with Crippen molar-refractivity contribution < 1.29 is 18.3 Å². The number of aromatic nitrogens is 1. The highest BCUT2D eigenvalue weighted by atomic mass is 35.5. The Balaban J connectivity index is 1.67. The zero-order chi connectivity index (χ0) is 19.4. The van der Waals surface area contributed by atoms with E-state index in [-0.39, 0.29) is 13.2 Å². The van der Waals surface area contributed by atoms with Crippen molar-refractivity contribution in [3.8, 4) is 5.75 Å². The highest BCUT2D eigenvalue weighted by Crippen LogP contribution is 2.27. The van der Waals surface area contributed by atoms with Crippen LogP contribution in [0.2, 0.25) is 5.02 Å². The molecule has 0 spiro atoms. The van der Waals surface area contributed by atoms with E-state index in [2.05, 4.69) is 15.0 Å². The van der Waals surface area contributed by atoms with Crippen LogP contribution in [-0.4, -0.2) is 24.3 Å². The molecule has 4 nitrogen and oxygen atoms in total. The van der Waals surface area contributed by atoms with Crippen LogP contribution in [0.25, 0.3) is 10.9 Å². The molecular weight excluding hydrogens is 374 g/mol. The summed E-state index contributed by atoms with van der Waals surface area (Å²) in [6.45, 7) is 2.47. The molecule has 3 aromatic rings. The number of halogens is 3. The van der Waals surface area contributed by atoms with Crippen molar-refractivity contribution in [3.63, 3.8) is 0 Å². The number of pyridine rings is 1. The van der Waals surface area contributed by atoms with Gasteiger partial charge >= 0.3 is 6.11 Å². The van der Waals surface area contributed by atoms with Gasteiger partial charge in [0.25, 0.3) is 0 Å². The van der Waals surface area contributed by atoms with E-state index in [1.807, 2.05) is 43.3 Å². The predicted molar refractivity (Wildman–Crippen MR) is 103 cm³/mol. The van der Waals surface area contributed by atoms with Gasteiger partial charge in [-0.1, -0.05) is 23.7 Å². The van der Waals surface area contributed by atoms with E-state index in [4.69, 9.17) is 16.3 Å². The Kier molecular flexibility index (Phi) is 5.77. The van der Waals surface area contributed by atoms with Crippen molar-refractivity contribution in [1.29, 1.82) is 0 Å². The Hall–Kier alpha value is -2.44. The number of ether oxygens (including phenoxy) is 2. The molecule has 142 valence electrons. The Bertz CT molecular complexity index is 945. The van der Waals surface area contributed by atoms with Gasteiger partial charge in [0.15, 0.2) is 0 Å². The zero-order valence-electron chi connectivity index (χ0n) is 14.9. The summed E-state index contributed by atoms with van der Waals surface area (Å²) >= 11 is 6.21. The first-order valence-electron chi connectivity index (χ1n) is 8.39. The third-order valence-electron chi connectivity index (χ3n) is 3.84. The van der Waals surface area contributed by atoms with Crippen LogP contribution in [0, 0.1) is 6.92 Å². The SMILES string of the molecule is Cc1cc(OCCOC(C)(F)F)ccc1Nc1ccc2cccc(Cl)c2n1. The molecule has 0 aliphatic carbocycles. The van der Waals surface area contributed by atoms with E-state index in [1.165, 1.54) is 0 Å². The second kappa shape index (κ2) is 8.06. The maximum Gasteiger partial charge on any atom is 0.353 e. The molecule has 0 amide bonds. The second-order valence-electron chi connectivity index (χ2n) is 6.11. The topological polar surface area (TPSA) is 43.4 Å². The summed E-state index contributed by atoms with van der Waals surface area (Å²) in [5, 5.41) is 4.82. The van der Waals surface area contributed by atoms with Gasteiger partial charge in [0.05, 0.1) is 17.1 Å². The van der Waals surface area contributed by atoms with Gasteiger partial charge in [-0.15, -0.1) is 0 Å². The molecule has 0 aliphatic rings. The van der Waals surface area contributed by atoms with Crippen LogP contribution >= 0.6 is 11.6 Å². The monoisotopic (exact) mass is 392 g/mol. The zero-order valence-corrected chi connectivity index (χ0v) is 15.7. The van der Waals surface area contributed by atoms with Crippen molar-refractivity contribution in [1.82, 2.24) is 4.98 Å². The maximum absolute atomic E-state index is 12.6. The van der Waals surface area contributed by atoms with Gasteiger partial charge in [-0.25, -0.2) is 4.98 Å². The van der Waals surface area contributed by atoms with Gasteiger partial charge in [0.1, 0.15) is 18.2 Å². The summed E-state index contributed by atoms with van der Waals surface area (Å²) in [6, 6.07) is 14.9. The molecule has 0 atom stereocenters. The fourth-order valence-electron chi connectivity index (χ4n) is 2.57. The molecule has 0 saturated heterocycles. The molecule has 0 aliphatic heterocycles. The molecule has 1 aromatic heterocycles. The molecule has 7 heteroatoms. The minimum absolute atomic E-state index is 0.0420. The van der Waals surface area contributed by atoms with E-state index in [9.17, 15) is 8.78 Å². The molecule has 0 unspecified atom stereocenters. The fraction of sp³-hybridized carbons (Fsp3) is 0.250. The molecule has 0 radical (unpaired) electrons. The number of hydrogen-bond donors (Lipinski definition) is 1. The standard InChI is InChI=1S/C20H19ClF2N2O2/c1-13-12-15(26-10-11-27-20(2,22)23)7-8-17(13)24-18-9-6-14-4-3-5-16(21)19(14)25-18/h3-9,12H,10-11H2,1-2H3,(H,24,25). The summed E-state index contributed by atoms with van der Waals surface area (Å²) < 4.78 is 35.0. The van der Waals surface area contributed by atoms with E-state index in [0.29, 0.717) is 23.5 Å². The van der Waals surface area contributed by atoms with Crippen molar-refractivity contribution in [2.24, 2.45) is 0 Å². The number of anilines is 2. The molecule has 0 bridgehead atoms. The number of hydrogen-bond acceptors (Lipinski definition) is 4. The number of nitrogens with zero attached hydrogens (tertiary/aromatic N) is 1. The predicted octanol–water partition coefficient (Wildman–Crippen LogP) is 5.95. The Morgan fingerprint density at radius 3 is 2.67 bits per heavy atom. The Labute approximate surface area is 161 Å². The third-order valence-corrected chi connectivity index (χ3v) is 4.14. The summed E-state index contributed by atoms with van der Waals surface area (Å²) in [6.07, 6.45) is -3.15. The van der Waals surface area contributed by atoms with Crippen molar-refractivity contribution in [3.05, 3.63) is 59.1 Å². The van der Waals surface area contributed by atoms with Gasteiger partial charge in [0.2, 0.25) is 0 Å². The van der Waals surface area contributed by atoms with E-state index in [1.54, 1.807) is 12.1 Å². The average molecular weight is 393 g/mol. The largest absolute Gasteiger partial charge is 0.491 e. The van der Waals surface area contributed by atoms with Gasteiger partial charge in [0, 0.05) is 18.0 Å². The average Bonchev–Trinajstić information content (AvgIpc) is 2.61. The first kappa shape index (κ1) is 19.3. The lowest BCUT2D eigenvalue weighted by molar-refractivity contribution is -0.226. The van der Waals surface area contributed by atoms with Crippen LogP contribution < -0.4 is 10.1 Å². The van der Waals surface area contributed by atoms with E-state index < -0.39 is 6.11 Å². The summed E-state index contributed by atoms with van der Waals surface area (Å²) in [4.78, 5) is 4.56. The van der Waals surface area contributed by atoms with Crippen LogP contribution in [0.3, 0.4) is 0 Å². The smallest absolute Gasteiger partial charge is 0.353 e. The Morgan fingerprint density at radius 1 is 1.11 bits per heavy atom. The van der Waals surface area contributed by atoms with Gasteiger partial charge < -0.3 is 14.8 Å². The second-order valence-corrected chi connectivity index (χ2v) is 6.52. The number of nitrogens with one attached hydrogen (secondary N) is 1. The van der Waals surface area contributed by atoms with Crippen LogP contribution in [0.15, 0.2) is 48.5 Å². The lowest BCUT2D eigenvalue weighted by atomic mass is 10.2. The minimum atomic E-state index is -3.15. The summed E-state index contributed by atoms with van der Waals surface area (Å²) in [7, 11) is 0. The van der Waals surface area contributed by atoms with Crippen LogP contribution in [0.5, 0.6) is 5.75 Å². The highest BCUT2D eigenvalue weighted by molar-refractivity contribution is 6.35. The number of benzene rings is 2. The fourth-order valence-corrected chi connectivity index (χ4v) is 2.79. The van der Waals surface area contributed by atoms with Gasteiger partial charge in [-0.05, 0) is 48.9 Å². The quantitative estimate of drug-likeness (QED) is 0.505. The minimum Gasteiger partial charge on any atom is -0.491 e. The number of rotatable bonds is 7. The molecule has 1 heterocycles. The number of para-hydroxylation sites is 1. The molecule has 1 N–H and O–H groups in total. The maximum atomic E-state index is 12.6. The number of fused-ring (bicyclic) bond motifs is 1. The first-order valence-corrected chi connectivity index (χ1v) is 8.77.